The van der Waals surface area contributed by atoms with Crippen molar-refractivity contribution in [2.75, 3.05) is 13.2 Å². The molecule has 0 aromatic carbocycles. The van der Waals surface area contributed by atoms with Gasteiger partial charge in [0.1, 0.15) is 12.1 Å². The summed E-state index contributed by atoms with van der Waals surface area (Å²) in [6, 6.07) is 1.59. The lowest BCUT2D eigenvalue weighted by atomic mass is 10.4. The molecule has 2 aromatic heterocycles. The molecule has 0 radical (unpaired) electrons. The van der Waals surface area contributed by atoms with Gasteiger partial charge in [0, 0.05) is 18.9 Å². The highest BCUT2D eigenvalue weighted by Gasteiger charge is 2.06. The number of rotatable bonds is 4. The average Bonchev–Trinajstić information content (AvgIpc) is 2.79. The fourth-order valence-corrected chi connectivity index (χ4v) is 1.49. The number of aromatic nitrogens is 3. The van der Waals surface area contributed by atoms with Crippen LogP contribution in [0.15, 0.2) is 29.5 Å². The zero-order valence-electron chi connectivity index (χ0n) is 9.04. The Balaban J connectivity index is 2.21. The first-order chi connectivity index (χ1) is 8.22. The van der Waals surface area contributed by atoms with Crippen molar-refractivity contribution < 1.29 is 9.90 Å². The van der Waals surface area contributed by atoms with Crippen LogP contribution in [0.4, 0.5) is 0 Å². The molecule has 7 nitrogen and oxygen atoms in total. The van der Waals surface area contributed by atoms with Gasteiger partial charge in [-0.05, 0) is 6.07 Å². The quantitative estimate of drug-likeness (QED) is 0.683. The third-order valence-electron chi connectivity index (χ3n) is 2.29. The molecule has 0 unspecified atom stereocenters. The van der Waals surface area contributed by atoms with E-state index in [9.17, 15) is 9.59 Å². The molecule has 90 valence electrons. The van der Waals surface area contributed by atoms with Crippen LogP contribution in [0, 0.1) is 0 Å². The average molecular weight is 236 g/mol. The maximum absolute atomic E-state index is 11.9. The molecular formula is C10H12N4O3. The van der Waals surface area contributed by atoms with Crippen molar-refractivity contribution in [3.05, 3.63) is 35.0 Å². The monoisotopic (exact) mass is 236 g/mol. The van der Waals surface area contributed by atoms with Crippen LogP contribution in [0.25, 0.3) is 5.52 Å². The van der Waals surface area contributed by atoms with E-state index in [0.29, 0.717) is 5.52 Å². The SMILES string of the molecule is O=C(Cn1ccn2nccc2c1=O)NCCO. The number of amides is 1. The Hall–Kier alpha value is -2.15. The Labute approximate surface area is 96.3 Å². The fraction of sp³-hybridized carbons (Fsp3) is 0.300. The summed E-state index contributed by atoms with van der Waals surface area (Å²) in [7, 11) is 0. The fourth-order valence-electron chi connectivity index (χ4n) is 1.49. The summed E-state index contributed by atoms with van der Waals surface area (Å²) in [6.07, 6.45) is 4.63. The Kier molecular flexibility index (Phi) is 3.20. The van der Waals surface area contributed by atoms with Gasteiger partial charge in [0.15, 0.2) is 0 Å². The molecule has 0 saturated carbocycles. The summed E-state index contributed by atoms with van der Waals surface area (Å²) in [5.41, 5.74) is 0.145. The van der Waals surface area contributed by atoms with Crippen molar-refractivity contribution in [3.63, 3.8) is 0 Å². The van der Waals surface area contributed by atoms with Crippen molar-refractivity contribution >= 4 is 11.4 Å². The van der Waals surface area contributed by atoms with E-state index >= 15 is 0 Å². The van der Waals surface area contributed by atoms with E-state index in [1.165, 1.54) is 21.5 Å². The maximum atomic E-state index is 11.9. The molecule has 7 heteroatoms. The Morgan fingerprint density at radius 1 is 1.47 bits per heavy atom. The van der Waals surface area contributed by atoms with Crippen molar-refractivity contribution in [2.24, 2.45) is 0 Å². The molecule has 0 saturated heterocycles. The molecule has 0 aliphatic rings. The largest absolute Gasteiger partial charge is 0.395 e. The smallest absolute Gasteiger partial charge is 0.277 e. The zero-order valence-corrected chi connectivity index (χ0v) is 9.04. The number of carbonyl (C=O) groups excluding carboxylic acids is 1. The van der Waals surface area contributed by atoms with Crippen LogP contribution in [-0.2, 0) is 11.3 Å². The van der Waals surface area contributed by atoms with E-state index in [1.54, 1.807) is 12.3 Å². The molecule has 0 spiro atoms. The summed E-state index contributed by atoms with van der Waals surface area (Å²) in [6.45, 7) is -0.00861. The van der Waals surface area contributed by atoms with Gasteiger partial charge in [-0.2, -0.15) is 5.10 Å². The maximum Gasteiger partial charge on any atom is 0.277 e. The minimum atomic E-state index is -0.315. The standard InChI is InChI=1S/C10H12N4O3/c15-6-3-11-9(16)7-13-4-5-14-8(10(13)17)1-2-12-14/h1-2,4-5,15H,3,6-7H2,(H,11,16). The second kappa shape index (κ2) is 4.79. The van der Waals surface area contributed by atoms with Crippen LogP contribution in [0.3, 0.4) is 0 Å². The van der Waals surface area contributed by atoms with Gasteiger partial charge in [-0.25, -0.2) is 4.52 Å². The normalized spacial score (nSPS) is 10.6. The first-order valence-electron chi connectivity index (χ1n) is 5.12. The third kappa shape index (κ3) is 2.34. The van der Waals surface area contributed by atoms with Crippen LogP contribution in [0.2, 0.25) is 0 Å². The molecule has 0 aliphatic carbocycles. The van der Waals surface area contributed by atoms with E-state index < -0.39 is 0 Å². The van der Waals surface area contributed by atoms with Gasteiger partial charge in [-0.1, -0.05) is 0 Å². The summed E-state index contributed by atoms with van der Waals surface area (Å²) in [5.74, 6) is -0.315. The van der Waals surface area contributed by atoms with Gasteiger partial charge < -0.3 is 15.0 Å². The number of fused-ring (bicyclic) bond motifs is 1. The number of carbonyl (C=O) groups is 1. The number of nitrogens with one attached hydrogen (secondary N) is 1. The van der Waals surface area contributed by atoms with Crippen molar-refractivity contribution in [1.29, 1.82) is 0 Å². The van der Waals surface area contributed by atoms with Crippen LogP contribution < -0.4 is 10.9 Å². The summed E-state index contributed by atoms with van der Waals surface area (Å²) >= 11 is 0. The van der Waals surface area contributed by atoms with Crippen molar-refractivity contribution in [1.82, 2.24) is 19.5 Å². The lowest BCUT2D eigenvalue weighted by Gasteiger charge is -2.06. The Morgan fingerprint density at radius 2 is 2.29 bits per heavy atom. The highest BCUT2D eigenvalue weighted by Crippen LogP contribution is 1.94. The number of hydrogen-bond donors (Lipinski definition) is 2. The van der Waals surface area contributed by atoms with E-state index in [2.05, 4.69) is 10.4 Å². The minimum absolute atomic E-state index is 0.0689. The number of hydrogen-bond acceptors (Lipinski definition) is 4. The molecule has 2 heterocycles. The van der Waals surface area contributed by atoms with E-state index in [1.807, 2.05) is 0 Å². The first kappa shape index (κ1) is 11.3. The number of nitrogens with zero attached hydrogens (tertiary/aromatic N) is 3. The lowest BCUT2D eigenvalue weighted by molar-refractivity contribution is -0.121. The molecule has 1 amide bonds. The van der Waals surface area contributed by atoms with E-state index in [0.717, 1.165) is 0 Å². The molecule has 0 aliphatic heterocycles. The number of aliphatic hydroxyl groups is 1. The molecule has 0 fully saturated rings. The van der Waals surface area contributed by atoms with Crippen LogP contribution in [-0.4, -0.2) is 38.3 Å². The van der Waals surface area contributed by atoms with Gasteiger partial charge in [0.05, 0.1) is 12.8 Å². The first-order valence-corrected chi connectivity index (χ1v) is 5.12. The van der Waals surface area contributed by atoms with Crippen molar-refractivity contribution in [3.8, 4) is 0 Å². The molecule has 17 heavy (non-hydrogen) atoms. The summed E-state index contributed by atoms with van der Waals surface area (Å²) in [5, 5.41) is 15.0. The molecular weight excluding hydrogens is 224 g/mol. The third-order valence-corrected chi connectivity index (χ3v) is 2.29. The zero-order chi connectivity index (χ0) is 12.3. The molecule has 2 N–H and O–H groups in total. The van der Waals surface area contributed by atoms with Gasteiger partial charge in [-0.15, -0.1) is 0 Å². The van der Waals surface area contributed by atoms with Crippen LogP contribution in [0.5, 0.6) is 0 Å². The van der Waals surface area contributed by atoms with Crippen LogP contribution in [0.1, 0.15) is 0 Å². The highest BCUT2D eigenvalue weighted by atomic mass is 16.3. The van der Waals surface area contributed by atoms with E-state index in [4.69, 9.17) is 5.11 Å². The molecule has 0 atom stereocenters. The van der Waals surface area contributed by atoms with Crippen molar-refractivity contribution in [2.45, 2.75) is 6.54 Å². The summed E-state index contributed by atoms with van der Waals surface area (Å²) in [4.78, 5) is 23.3. The Morgan fingerprint density at radius 3 is 3.06 bits per heavy atom. The highest BCUT2D eigenvalue weighted by molar-refractivity contribution is 5.75. The van der Waals surface area contributed by atoms with Gasteiger partial charge in [0.2, 0.25) is 5.91 Å². The topological polar surface area (TPSA) is 88.6 Å². The van der Waals surface area contributed by atoms with Crippen LogP contribution >= 0.6 is 0 Å². The predicted octanol–water partition coefficient (Wildman–Crippen LogP) is -1.40. The summed E-state index contributed by atoms with van der Waals surface area (Å²) < 4.78 is 2.74. The Bertz CT molecular complexity index is 586. The second-order valence-electron chi connectivity index (χ2n) is 3.47. The minimum Gasteiger partial charge on any atom is -0.395 e. The molecule has 0 bridgehead atoms. The number of aliphatic hydroxyl groups excluding tert-OH is 1. The predicted molar refractivity (Wildman–Crippen MR) is 59.5 cm³/mol. The second-order valence-corrected chi connectivity index (χ2v) is 3.47. The van der Waals surface area contributed by atoms with Gasteiger partial charge in [0.25, 0.3) is 5.56 Å². The van der Waals surface area contributed by atoms with E-state index in [-0.39, 0.29) is 31.2 Å². The lowest BCUT2D eigenvalue weighted by Crippen LogP contribution is -2.33. The molecule has 2 aromatic rings. The molecule has 2 rings (SSSR count). The van der Waals surface area contributed by atoms with Gasteiger partial charge >= 0.3 is 0 Å². The van der Waals surface area contributed by atoms with Gasteiger partial charge in [-0.3, -0.25) is 9.59 Å².